The largest absolute Gasteiger partial charge is 0.321 e. The van der Waals surface area contributed by atoms with E-state index in [9.17, 15) is 0 Å². The molecule has 0 aliphatic heterocycles. The highest BCUT2D eigenvalue weighted by Crippen LogP contribution is 2.36. The number of halogens is 1. The zero-order valence-electron chi connectivity index (χ0n) is 12.1. The number of nitrogens with zero attached hydrogens (tertiary/aromatic N) is 3. The van der Waals surface area contributed by atoms with Crippen LogP contribution in [-0.4, -0.2) is 34.3 Å². The van der Waals surface area contributed by atoms with Crippen molar-refractivity contribution in [3.05, 3.63) is 16.4 Å². The van der Waals surface area contributed by atoms with Crippen molar-refractivity contribution in [3.63, 3.8) is 0 Å². The molecule has 18 heavy (non-hydrogen) atoms. The normalized spacial score (nSPS) is 14.2. The molecule has 0 saturated heterocycles. The van der Waals surface area contributed by atoms with Crippen molar-refractivity contribution in [2.45, 2.75) is 51.7 Å². The summed E-state index contributed by atoms with van der Waals surface area (Å²) in [4.78, 5) is 2.25. The van der Waals surface area contributed by atoms with E-state index in [-0.39, 0.29) is 11.6 Å². The van der Waals surface area contributed by atoms with E-state index in [0.717, 1.165) is 29.6 Å². The maximum Gasteiger partial charge on any atom is 0.0712 e. The monoisotopic (exact) mass is 316 g/mol. The van der Waals surface area contributed by atoms with Crippen LogP contribution < -0.4 is 5.73 Å². The average molecular weight is 317 g/mol. The molecule has 1 aromatic heterocycles. The van der Waals surface area contributed by atoms with Crippen LogP contribution in [0.4, 0.5) is 0 Å². The molecule has 0 spiro atoms. The number of hydrogen-bond donors (Lipinski definition) is 1. The molecule has 1 unspecified atom stereocenters. The molecular weight excluding hydrogens is 292 g/mol. The van der Waals surface area contributed by atoms with Gasteiger partial charge < -0.3 is 10.6 Å². The molecule has 0 amide bonds. The van der Waals surface area contributed by atoms with Gasteiger partial charge in [-0.1, -0.05) is 13.8 Å². The van der Waals surface area contributed by atoms with Gasteiger partial charge in [-0.2, -0.15) is 5.10 Å². The van der Waals surface area contributed by atoms with Crippen LogP contribution in [0.25, 0.3) is 0 Å². The van der Waals surface area contributed by atoms with Crippen LogP contribution in [0.3, 0.4) is 0 Å². The van der Waals surface area contributed by atoms with Crippen LogP contribution in [0.15, 0.2) is 10.7 Å². The Morgan fingerprint density at radius 2 is 1.94 bits per heavy atom. The van der Waals surface area contributed by atoms with Gasteiger partial charge in [0.15, 0.2) is 0 Å². The first kappa shape index (κ1) is 15.7. The van der Waals surface area contributed by atoms with Gasteiger partial charge in [0.1, 0.15) is 0 Å². The van der Waals surface area contributed by atoms with E-state index in [1.807, 2.05) is 10.9 Å². The second-order valence-corrected chi connectivity index (χ2v) is 5.73. The number of aromatic nitrogens is 2. The molecule has 1 rings (SSSR count). The summed E-state index contributed by atoms with van der Waals surface area (Å²) >= 11 is 3.58. The van der Waals surface area contributed by atoms with Crippen molar-refractivity contribution in [1.29, 1.82) is 0 Å². The van der Waals surface area contributed by atoms with Crippen LogP contribution >= 0.6 is 15.9 Å². The maximum absolute atomic E-state index is 6.59. The maximum atomic E-state index is 6.59. The van der Waals surface area contributed by atoms with E-state index in [1.54, 1.807) is 0 Å². The molecule has 0 fully saturated rings. The summed E-state index contributed by atoms with van der Waals surface area (Å²) in [7, 11) is 4.21. The minimum atomic E-state index is -0.0562. The van der Waals surface area contributed by atoms with Crippen LogP contribution in [0.1, 0.15) is 45.3 Å². The predicted molar refractivity (Wildman–Crippen MR) is 79.5 cm³/mol. The Morgan fingerprint density at radius 1 is 1.39 bits per heavy atom. The summed E-state index contributed by atoms with van der Waals surface area (Å²) in [5.41, 5.74) is 7.65. The first-order valence-corrected chi connectivity index (χ1v) is 7.38. The lowest BCUT2D eigenvalue weighted by Crippen LogP contribution is -2.52. The number of aryl methyl sites for hydroxylation is 1. The quantitative estimate of drug-likeness (QED) is 0.877. The summed E-state index contributed by atoms with van der Waals surface area (Å²) < 4.78 is 2.99. The Kier molecular flexibility index (Phi) is 5.37. The third kappa shape index (κ3) is 2.49. The minimum absolute atomic E-state index is 0.0323. The third-order valence-electron chi connectivity index (χ3n) is 4.12. The van der Waals surface area contributed by atoms with Gasteiger partial charge in [0.25, 0.3) is 0 Å². The standard InChI is InChI=1S/C13H25BrN4/c1-6-13(7-2,17(4)5)12(15)11-10(14)9-16-18(11)8-3/h9,12H,6-8,15H2,1-5H3. The van der Waals surface area contributed by atoms with E-state index in [1.165, 1.54) is 0 Å². The molecule has 0 radical (unpaired) electrons. The minimum Gasteiger partial charge on any atom is -0.321 e. The molecule has 0 aliphatic rings. The predicted octanol–water partition coefficient (Wildman–Crippen LogP) is 2.79. The lowest BCUT2D eigenvalue weighted by molar-refractivity contribution is 0.102. The van der Waals surface area contributed by atoms with Gasteiger partial charge in [-0.3, -0.25) is 4.68 Å². The van der Waals surface area contributed by atoms with Crippen LogP contribution in [-0.2, 0) is 6.54 Å². The first-order chi connectivity index (χ1) is 8.44. The van der Waals surface area contributed by atoms with Crippen LogP contribution in [0.5, 0.6) is 0 Å². The van der Waals surface area contributed by atoms with Crippen molar-refractivity contribution in [3.8, 4) is 0 Å². The Morgan fingerprint density at radius 3 is 2.33 bits per heavy atom. The Bertz CT molecular complexity index is 382. The van der Waals surface area contributed by atoms with E-state index >= 15 is 0 Å². The topological polar surface area (TPSA) is 47.1 Å². The SMILES string of the molecule is CCn1ncc(Br)c1C(N)C(CC)(CC)N(C)C. The molecular formula is C13H25BrN4. The summed E-state index contributed by atoms with van der Waals surface area (Å²) in [6.45, 7) is 7.32. The van der Waals surface area contributed by atoms with E-state index < -0.39 is 0 Å². The summed E-state index contributed by atoms with van der Waals surface area (Å²) in [5, 5.41) is 4.37. The molecule has 4 nitrogen and oxygen atoms in total. The molecule has 0 aromatic carbocycles. The van der Waals surface area contributed by atoms with Crippen molar-refractivity contribution in [2.75, 3.05) is 14.1 Å². The highest BCUT2D eigenvalue weighted by Gasteiger charge is 2.39. The van der Waals surface area contributed by atoms with Gasteiger partial charge in [0.2, 0.25) is 0 Å². The molecule has 1 heterocycles. The molecule has 2 N–H and O–H groups in total. The molecule has 5 heteroatoms. The highest BCUT2D eigenvalue weighted by molar-refractivity contribution is 9.10. The molecule has 0 aliphatic carbocycles. The molecule has 0 saturated carbocycles. The Labute approximate surface area is 119 Å². The zero-order valence-corrected chi connectivity index (χ0v) is 13.7. The molecule has 1 aromatic rings. The third-order valence-corrected chi connectivity index (χ3v) is 4.73. The fourth-order valence-corrected chi connectivity index (χ4v) is 3.33. The first-order valence-electron chi connectivity index (χ1n) is 6.58. The van der Waals surface area contributed by atoms with Crippen molar-refractivity contribution >= 4 is 15.9 Å². The van der Waals surface area contributed by atoms with E-state index in [0.29, 0.717) is 0 Å². The number of nitrogens with two attached hydrogens (primary N) is 1. The fraction of sp³-hybridized carbons (Fsp3) is 0.769. The van der Waals surface area contributed by atoms with Gasteiger partial charge in [-0.25, -0.2) is 0 Å². The van der Waals surface area contributed by atoms with Crippen molar-refractivity contribution in [1.82, 2.24) is 14.7 Å². The lowest BCUT2D eigenvalue weighted by Gasteiger charge is -2.43. The van der Waals surface area contributed by atoms with Gasteiger partial charge in [0, 0.05) is 12.1 Å². The van der Waals surface area contributed by atoms with Gasteiger partial charge in [-0.05, 0) is 49.8 Å². The fourth-order valence-electron chi connectivity index (χ4n) is 2.79. The molecule has 0 bridgehead atoms. The van der Waals surface area contributed by atoms with Gasteiger partial charge >= 0.3 is 0 Å². The van der Waals surface area contributed by atoms with Crippen molar-refractivity contribution in [2.24, 2.45) is 5.73 Å². The van der Waals surface area contributed by atoms with E-state index in [2.05, 4.69) is 60.8 Å². The van der Waals surface area contributed by atoms with Crippen LogP contribution in [0, 0.1) is 0 Å². The second-order valence-electron chi connectivity index (χ2n) is 4.88. The number of rotatable bonds is 6. The summed E-state index contributed by atoms with van der Waals surface area (Å²) in [6, 6.07) is -0.0562. The smallest absolute Gasteiger partial charge is 0.0712 e. The molecule has 104 valence electrons. The van der Waals surface area contributed by atoms with Gasteiger partial charge in [-0.15, -0.1) is 0 Å². The average Bonchev–Trinajstić information content (AvgIpc) is 2.71. The Hall–Kier alpha value is -0.390. The van der Waals surface area contributed by atoms with E-state index in [4.69, 9.17) is 5.73 Å². The second kappa shape index (κ2) is 6.17. The Balaban J connectivity index is 3.25. The summed E-state index contributed by atoms with van der Waals surface area (Å²) in [5.74, 6) is 0. The van der Waals surface area contributed by atoms with Crippen molar-refractivity contribution < 1.29 is 0 Å². The zero-order chi connectivity index (χ0) is 13.9. The number of hydrogen-bond acceptors (Lipinski definition) is 3. The summed E-state index contributed by atoms with van der Waals surface area (Å²) in [6.07, 6.45) is 3.86. The highest BCUT2D eigenvalue weighted by atomic mass is 79.9. The number of likely N-dealkylation sites (N-methyl/N-ethyl adjacent to an activating group) is 1. The van der Waals surface area contributed by atoms with Gasteiger partial charge in [0.05, 0.1) is 22.4 Å². The lowest BCUT2D eigenvalue weighted by atomic mass is 9.82. The molecule has 1 atom stereocenters. The van der Waals surface area contributed by atoms with Crippen LogP contribution in [0.2, 0.25) is 0 Å².